The summed E-state index contributed by atoms with van der Waals surface area (Å²) in [6.45, 7) is 3.13. The maximum Gasteiger partial charge on any atom is 0.266 e. The molecule has 1 aromatic carbocycles. The van der Waals surface area contributed by atoms with Gasteiger partial charge in [-0.2, -0.15) is 9.97 Å². The Morgan fingerprint density at radius 3 is 2.65 bits per heavy atom. The van der Waals surface area contributed by atoms with Crippen molar-refractivity contribution in [3.05, 3.63) is 34.9 Å². The van der Waals surface area contributed by atoms with E-state index in [4.69, 9.17) is 22.2 Å². The molecule has 2 aliphatic heterocycles. The van der Waals surface area contributed by atoms with Gasteiger partial charge in [0.05, 0.1) is 38.9 Å². The van der Waals surface area contributed by atoms with E-state index >= 15 is 0 Å². The molecule has 0 bridgehead atoms. The van der Waals surface area contributed by atoms with Crippen molar-refractivity contribution in [1.29, 1.82) is 0 Å². The number of hydrogen-bond donors (Lipinski definition) is 3. The molecule has 31 heavy (non-hydrogen) atoms. The third-order valence-corrected chi connectivity index (χ3v) is 5.86. The number of alkyl halides is 2. The van der Waals surface area contributed by atoms with Crippen LogP contribution in [0.2, 0.25) is 5.02 Å². The zero-order valence-electron chi connectivity index (χ0n) is 17.5. The first-order chi connectivity index (χ1) is 14.7. The largest absolute Gasteiger partial charge is 0.376 e. The molecule has 0 radical (unpaired) electrons. The van der Waals surface area contributed by atoms with E-state index in [0.717, 1.165) is 5.56 Å². The smallest absolute Gasteiger partial charge is 0.266 e. The molecule has 2 aromatic rings. The highest BCUT2D eigenvalue weighted by Crippen LogP contribution is 2.37. The highest BCUT2D eigenvalue weighted by molar-refractivity contribution is 6.31. The minimum absolute atomic E-state index is 0.208. The number of hydrogen-bond acceptors (Lipinski definition) is 7. The molecule has 0 unspecified atom stereocenters. The second-order valence-electron chi connectivity index (χ2n) is 8.32. The summed E-state index contributed by atoms with van der Waals surface area (Å²) < 4.78 is 33.2. The van der Waals surface area contributed by atoms with Gasteiger partial charge in [-0.3, -0.25) is 5.01 Å². The zero-order valence-corrected chi connectivity index (χ0v) is 18.3. The molecular formula is C20H27ClF2N7O+. The summed E-state index contributed by atoms with van der Waals surface area (Å²) in [6.07, 6.45) is -0.213. The van der Waals surface area contributed by atoms with Gasteiger partial charge in [-0.05, 0) is 18.6 Å². The first kappa shape index (κ1) is 21.9. The third kappa shape index (κ3) is 4.67. The van der Waals surface area contributed by atoms with Gasteiger partial charge >= 0.3 is 0 Å². The van der Waals surface area contributed by atoms with Gasteiger partial charge in [-0.25, -0.2) is 14.6 Å². The van der Waals surface area contributed by atoms with Gasteiger partial charge in [-0.1, -0.05) is 29.8 Å². The highest BCUT2D eigenvalue weighted by Gasteiger charge is 2.41. The molecule has 0 atom stereocenters. The average Bonchev–Trinajstić information content (AvgIpc) is 3.07. The summed E-state index contributed by atoms with van der Waals surface area (Å²) >= 11 is 6.30. The van der Waals surface area contributed by atoms with Crippen LogP contribution in [0.15, 0.2) is 24.3 Å². The van der Waals surface area contributed by atoms with Crippen molar-refractivity contribution < 1.29 is 18.8 Å². The van der Waals surface area contributed by atoms with Gasteiger partial charge in [0.1, 0.15) is 0 Å². The Balaban J connectivity index is 1.72. The van der Waals surface area contributed by atoms with Gasteiger partial charge in [0.15, 0.2) is 5.82 Å². The number of nitrogens with two attached hydrogens (primary N) is 2. The molecule has 11 heteroatoms. The Hall–Kier alpha value is -2.27. The Bertz CT molecular complexity index is 957. The van der Waals surface area contributed by atoms with Crippen LogP contribution in [0.5, 0.6) is 0 Å². The lowest BCUT2D eigenvalue weighted by molar-refractivity contribution is -0.538. The van der Waals surface area contributed by atoms with E-state index in [0.29, 0.717) is 48.1 Å². The van der Waals surface area contributed by atoms with Crippen LogP contribution in [0.4, 0.5) is 32.1 Å². The maximum absolute atomic E-state index is 14.0. The molecule has 0 amide bonds. The van der Waals surface area contributed by atoms with Crippen LogP contribution in [0.25, 0.3) is 0 Å². The van der Waals surface area contributed by atoms with Crippen LogP contribution in [-0.4, -0.2) is 54.8 Å². The normalized spacial score (nSPS) is 19.2. The van der Waals surface area contributed by atoms with Gasteiger partial charge < -0.3 is 20.3 Å². The summed E-state index contributed by atoms with van der Waals surface area (Å²) in [4.78, 5) is 10.8. The molecule has 1 aromatic heterocycles. The van der Waals surface area contributed by atoms with Crippen molar-refractivity contribution >= 4 is 34.9 Å². The number of ether oxygens (including phenoxy) is 1. The summed E-state index contributed by atoms with van der Waals surface area (Å²) in [5.74, 6) is 4.86. The number of halogens is 3. The quantitative estimate of drug-likeness (QED) is 0.434. The number of nitrogens with zero attached hydrogens (tertiary/aromatic N) is 4. The van der Waals surface area contributed by atoms with Gasteiger partial charge in [0, 0.05) is 18.0 Å². The molecule has 5 N–H and O–H groups in total. The van der Waals surface area contributed by atoms with E-state index in [1.807, 2.05) is 32.2 Å². The van der Waals surface area contributed by atoms with E-state index in [-0.39, 0.29) is 25.0 Å². The minimum atomic E-state index is -2.75. The summed E-state index contributed by atoms with van der Waals surface area (Å²) in [7, 11) is 1.82. The van der Waals surface area contributed by atoms with Crippen molar-refractivity contribution in [2.75, 3.05) is 48.6 Å². The molecule has 3 heterocycles. The number of hydrazine groups is 1. The fourth-order valence-electron chi connectivity index (χ4n) is 3.77. The molecular weight excluding hydrogens is 428 g/mol. The van der Waals surface area contributed by atoms with Crippen molar-refractivity contribution in [2.24, 2.45) is 5.84 Å². The Kier molecular flexibility index (Phi) is 5.91. The van der Waals surface area contributed by atoms with Crippen molar-refractivity contribution in [1.82, 2.24) is 9.97 Å². The number of rotatable bonds is 7. The number of aromatic nitrogens is 2. The number of nitrogens with one attached hydrogen (secondary N) is 1. The monoisotopic (exact) mass is 454 g/mol. The van der Waals surface area contributed by atoms with E-state index in [9.17, 15) is 8.78 Å². The van der Waals surface area contributed by atoms with Crippen LogP contribution in [0, 0.1) is 0 Å². The number of anilines is 3. The summed E-state index contributed by atoms with van der Waals surface area (Å²) in [5, 5.41) is 7.14. The second kappa shape index (κ2) is 8.34. The Labute approximate surface area is 184 Å². The molecule has 0 saturated carbocycles. The van der Waals surface area contributed by atoms with Gasteiger partial charge in [0.2, 0.25) is 17.5 Å². The third-order valence-electron chi connectivity index (χ3n) is 5.49. The first-order valence-corrected chi connectivity index (χ1v) is 10.5. The fourth-order valence-corrected chi connectivity index (χ4v) is 3.97. The van der Waals surface area contributed by atoms with Crippen molar-refractivity contribution in [3.63, 3.8) is 0 Å². The second-order valence-corrected chi connectivity index (χ2v) is 8.73. The topological polar surface area (TPSA) is 96.2 Å². The van der Waals surface area contributed by atoms with E-state index in [2.05, 4.69) is 15.3 Å². The predicted octanol–water partition coefficient (Wildman–Crippen LogP) is 1.88. The summed E-state index contributed by atoms with van der Waals surface area (Å²) in [5.41, 5.74) is 1.12. The van der Waals surface area contributed by atoms with Crippen molar-refractivity contribution in [2.45, 2.75) is 31.4 Å². The predicted molar refractivity (Wildman–Crippen MR) is 116 cm³/mol. The summed E-state index contributed by atoms with van der Waals surface area (Å²) in [6, 6.07) is 7.40. The van der Waals surface area contributed by atoms with Crippen LogP contribution in [-0.2, 0) is 11.3 Å². The molecule has 0 aliphatic carbocycles. The van der Waals surface area contributed by atoms with E-state index in [1.54, 1.807) is 16.3 Å². The van der Waals surface area contributed by atoms with Crippen molar-refractivity contribution in [3.8, 4) is 0 Å². The lowest BCUT2D eigenvalue weighted by Crippen LogP contribution is -2.74. The number of quaternary nitrogens is 1. The molecule has 2 aliphatic rings. The zero-order chi connectivity index (χ0) is 22.2. The highest BCUT2D eigenvalue weighted by atomic mass is 35.5. The van der Waals surface area contributed by atoms with E-state index < -0.39 is 5.92 Å². The molecule has 0 spiro atoms. The SMILES string of the molecule is C[NH2+]c1c(N(N)Cc2ccccc2Cl)nc(NC2(C)COC2)nc1N1CCC(F)(F)C1. The molecule has 8 nitrogen and oxygen atoms in total. The lowest BCUT2D eigenvalue weighted by atomic mass is 10.0. The fraction of sp³-hybridized carbons (Fsp3) is 0.500. The van der Waals surface area contributed by atoms with Gasteiger partial charge in [0.25, 0.3) is 5.92 Å². The minimum Gasteiger partial charge on any atom is -0.376 e. The molecule has 2 saturated heterocycles. The lowest BCUT2D eigenvalue weighted by Gasteiger charge is -2.39. The number of benzene rings is 1. The first-order valence-electron chi connectivity index (χ1n) is 10.2. The van der Waals surface area contributed by atoms with Crippen LogP contribution >= 0.6 is 11.6 Å². The van der Waals surface area contributed by atoms with E-state index in [1.165, 1.54) is 5.01 Å². The Morgan fingerprint density at radius 1 is 1.32 bits per heavy atom. The molecule has 2 fully saturated rings. The maximum atomic E-state index is 14.0. The Morgan fingerprint density at radius 2 is 2.06 bits per heavy atom. The molecule has 4 rings (SSSR count). The van der Waals surface area contributed by atoms with Crippen LogP contribution in [0.1, 0.15) is 18.9 Å². The van der Waals surface area contributed by atoms with Crippen LogP contribution in [0.3, 0.4) is 0 Å². The standard InChI is InChI=1S/C20H26ClF2N7O/c1-19(11-31-12-19)28-18-26-16(29-8-7-20(22,23)10-29)15(25-2)17(27-18)30(24)9-13-5-3-4-6-14(13)21/h3-6,25H,7-12,24H2,1-2H3,(H,26,27,28)/p+1. The molecule has 168 valence electrons. The average molecular weight is 455 g/mol. The van der Waals surface area contributed by atoms with Gasteiger partial charge in [-0.15, -0.1) is 0 Å². The van der Waals surface area contributed by atoms with Crippen LogP contribution < -0.4 is 26.4 Å².